The maximum absolute atomic E-state index is 13.0. The van der Waals surface area contributed by atoms with Crippen molar-refractivity contribution in [3.63, 3.8) is 0 Å². The van der Waals surface area contributed by atoms with E-state index in [0.717, 1.165) is 77.0 Å². The van der Waals surface area contributed by atoms with Gasteiger partial charge in [-0.3, -0.25) is 14.4 Å². The summed E-state index contributed by atoms with van der Waals surface area (Å²) in [7, 11) is 0. The largest absolute Gasteiger partial charge is 0.462 e. The summed E-state index contributed by atoms with van der Waals surface area (Å²) < 4.78 is 17.0. The van der Waals surface area contributed by atoms with E-state index in [9.17, 15) is 14.4 Å². The minimum absolute atomic E-state index is 0.0691. The van der Waals surface area contributed by atoms with Gasteiger partial charge in [-0.05, 0) is 44.9 Å². The number of allylic oxidation sites excluding steroid dienone is 4. The maximum atomic E-state index is 13.0. The number of carbonyl (C=O) groups is 3. The van der Waals surface area contributed by atoms with Gasteiger partial charge in [0.05, 0.1) is 0 Å². The smallest absolute Gasteiger partial charge is 0.306 e. The monoisotopic (exact) mass is 1150 g/mol. The summed E-state index contributed by atoms with van der Waals surface area (Å²) >= 11 is 0. The number of hydrogen-bond donors (Lipinski definition) is 0. The van der Waals surface area contributed by atoms with Gasteiger partial charge < -0.3 is 14.2 Å². The number of esters is 3. The minimum atomic E-state index is -0.774. The SMILES string of the molecule is CCCC/C=C\C/C=C\CCCCCCCC(=O)OCC(COC(=O)CCCCCCCCCCCCCCCCCCCCCCCCCCCCC)OC(=O)CCCCCCCCCCCCCCCCCCCCCCCCC. The van der Waals surface area contributed by atoms with Crippen LogP contribution in [-0.2, 0) is 28.6 Å². The molecule has 6 nitrogen and oxygen atoms in total. The molecule has 0 saturated heterocycles. The Labute approximate surface area is 513 Å². The third-order valence-corrected chi connectivity index (χ3v) is 17.2. The molecule has 0 aliphatic heterocycles. The highest BCUT2D eigenvalue weighted by Crippen LogP contribution is 2.20. The summed E-state index contributed by atoms with van der Waals surface area (Å²) in [6, 6.07) is 0. The van der Waals surface area contributed by atoms with E-state index in [2.05, 4.69) is 45.1 Å². The molecule has 0 N–H and O–H groups in total. The van der Waals surface area contributed by atoms with Crippen LogP contribution in [0.5, 0.6) is 0 Å². The van der Waals surface area contributed by atoms with E-state index in [1.807, 2.05) is 0 Å². The van der Waals surface area contributed by atoms with Gasteiger partial charge in [0, 0.05) is 19.3 Å². The highest BCUT2D eigenvalue weighted by molar-refractivity contribution is 5.71. The van der Waals surface area contributed by atoms with Crippen LogP contribution in [0, 0.1) is 0 Å². The number of ether oxygens (including phenoxy) is 3. The first kappa shape index (κ1) is 79.9. The topological polar surface area (TPSA) is 78.9 Å². The fourth-order valence-corrected chi connectivity index (χ4v) is 11.6. The number of carbonyl (C=O) groups excluding carboxylic acids is 3. The van der Waals surface area contributed by atoms with E-state index < -0.39 is 6.10 Å². The van der Waals surface area contributed by atoms with E-state index >= 15 is 0 Å². The van der Waals surface area contributed by atoms with Crippen molar-refractivity contribution >= 4 is 17.9 Å². The van der Waals surface area contributed by atoms with Crippen molar-refractivity contribution in [2.24, 2.45) is 0 Å². The zero-order valence-electron chi connectivity index (χ0n) is 55.8. The standard InChI is InChI=1S/C76H144O6/c1-4-7-10-13-16-19-22-25-28-30-32-34-36-37-38-39-41-42-44-46-48-51-54-57-60-63-66-69-75(78)81-72-73(71-80-74(77)68-65-62-59-56-53-50-27-24-21-18-15-12-9-6-3)82-76(79)70-67-64-61-58-55-52-49-47-45-43-40-35-33-31-29-26-23-20-17-14-11-8-5-2/h15,18,24,27,73H,4-14,16-17,19-23,25-26,28-72H2,1-3H3/b18-15-,27-24-. The van der Waals surface area contributed by atoms with Crippen LogP contribution in [0.2, 0.25) is 0 Å². The lowest BCUT2D eigenvalue weighted by atomic mass is 10.0. The Hall–Kier alpha value is -2.11. The molecule has 82 heavy (non-hydrogen) atoms. The first-order valence-electron chi connectivity index (χ1n) is 37.3. The molecular formula is C76H144O6. The zero-order valence-corrected chi connectivity index (χ0v) is 55.8. The molecule has 0 radical (unpaired) electrons. The van der Waals surface area contributed by atoms with Gasteiger partial charge in [0.15, 0.2) is 6.10 Å². The van der Waals surface area contributed by atoms with E-state index in [4.69, 9.17) is 14.2 Å². The molecule has 0 aromatic heterocycles. The third kappa shape index (κ3) is 68.7. The van der Waals surface area contributed by atoms with Crippen LogP contribution in [0.3, 0.4) is 0 Å². The lowest BCUT2D eigenvalue weighted by molar-refractivity contribution is -0.167. The summed E-state index contributed by atoms with van der Waals surface area (Å²) in [4.78, 5) is 38.5. The van der Waals surface area contributed by atoms with Crippen LogP contribution in [0.15, 0.2) is 24.3 Å². The quantitative estimate of drug-likeness (QED) is 0.0261. The predicted octanol–water partition coefficient (Wildman–Crippen LogP) is 25.7. The van der Waals surface area contributed by atoms with Gasteiger partial charge in [-0.25, -0.2) is 0 Å². The number of rotatable bonds is 70. The highest BCUT2D eigenvalue weighted by atomic mass is 16.6. The fourth-order valence-electron chi connectivity index (χ4n) is 11.6. The van der Waals surface area contributed by atoms with Crippen LogP contribution in [0.1, 0.15) is 425 Å². The van der Waals surface area contributed by atoms with E-state index in [1.54, 1.807) is 0 Å². The first-order valence-corrected chi connectivity index (χ1v) is 37.3. The second kappa shape index (κ2) is 71.4. The molecule has 0 aromatic carbocycles. The van der Waals surface area contributed by atoms with Crippen LogP contribution >= 0.6 is 0 Å². The molecule has 484 valence electrons. The Balaban J connectivity index is 4.20. The van der Waals surface area contributed by atoms with Gasteiger partial charge in [-0.15, -0.1) is 0 Å². The van der Waals surface area contributed by atoms with Gasteiger partial charge in [-0.1, -0.05) is 385 Å². The first-order chi connectivity index (χ1) is 40.5. The minimum Gasteiger partial charge on any atom is -0.462 e. The zero-order chi connectivity index (χ0) is 59.2. The molecule has 0 aromatic rings. The van der Waals surface area contributed by atoms with Crippen LogP contribution in [0.4, 0.5) is 0 Å². The van der Waals surface area contributed by atoms with Crippen molar-refractivity contribution in [1.29, 1.82) is 0 Å². The Bertz CT molecular complexity index is 1320. The van der Waals surface area contributed by atoms with Crippen molar-refractivity contribution in [1.82, 2.24) is 0 Å². The summed E-state index contributed by atoms with van der Waals surface area (Å²) in [5, 5.41) is 0. The summed E-state index contributed by atoms with van der Waals surface area (Å²) in [5.74, 6) is -0.848. The molecule has 0 bridgehead atoms. The predicted molar refractivity (Wildman–Crippen MR) is 358 cm³/mol. The normalized spacial score (nSPS) is 12.1. The number of unbranched alkanes of at least 4 members (excludes halogenated alkanes) is 55. The lowest BCUT2D eigenvalue weighted by Crippen LogP contribution is -2.30. The number of hydrogen-bond acceptors (Lipinski definition) is 6. The highest BCUT2D eigenvalue weighted by Gasteiger charge is 2.20. The molecule has 0 rings (SSSR count). The Kier molecular flexibility index (Phi) is 69.5. The Morgan fingerprint density at radius 1 is 0.244 bits per heavy atom. The molecular weight excluding hydrogens is 1010 g/mol. The summed E-state index contributed by atoms with van der Waals surface area (Å²) in [6.45, 7) is 6.68. The molecule has 0 amide bonds. The van der Waals surface area contributed by atoms with Gasteiger partial charge in [0.2, 0.25) is 0 Å². The van der Waals surface area contributed by atoms with Crippen LogP contribution < -0.4 is 0 Å². The van der Waals surface area contributed by atoms with Crippen molar-refractivity contribution in [3.05, 3.63) is 24.3 Å². The second-order valence-electron chi connectivity index (χ2n) is 25.6. The molecule has 0 spiro atoms. The van der Waals surface area contributed by atoms with E-state index in [1.165, 1.54) is 308 Å². The Morgan fingerprint density at radius 3 is 0.707 bits per heavy atom. The van der Waals surface area contributed by atoms with E-state index in [-0.39, 0.29) is 31.1 Å². The summed E-state index contributed by atoms with van der Waals surface area (Å²) in [6.07, 6.45) is 88.0. The Morgan fingerprint density at radius 2 is 0.451 bits per heavy atom. The van der Waals surface area contributed by atoms with Crippen LogP contribution in [0.25, 0.3) is 0 Å². The molecule has 0 aliphatic rings. The average molecular weight is 1150 g/mol. The van der Waals surface area contributed by atoms with Crippen molar-refractivity contribution in [2.45, 2.75) is 431 Å². The fraction of sp³-hybridized carbons (Fsp3) is 0.908. The molecule has 0 saturated carbocycles. The third-order valence-electron chi connectivity index (χ3n) is 17.2. The molecule has 1 atom stereocenters. The van der Waals surface area contributed by atoms with Crippen molar-refractivity contribution in [2.75, 3.05) is 13.2 Å². The summed E-state index contributed by atoms with van der Waals surface area (Å²) in [5.41, 5.74) is 0. The van der Waals surface area contributed by atoms with Gasteiger partial charge in [0.1, 0.15) is 13.2 Å². The molecule has 0 heterocycles. The van der Waals surface area contributed by atoms with Crippen LogP contribution in [-0.4, -0.2) is 37.2 Å². The second-order valence-corrected chi connectivity index (χ2v) is 25.6. The molecule has 0 fully saturated rings. The van der Waals surface area contributed by atoms with Gasteiger partial charge in [0.25, 0.3) is 0 Å². The molecule has 0 aliphatic carbocycles. The van der Waals surface area contributed by atoms with Crippen molar-refractivity contribution < 1.29 is 28.6 Å². The van der Waals surface area contributed by atoms with Gasteiger partial charge >= 0.3 is 17.9 Å². The maximum Gasteiger partial charge on any atom is 0.306 e. The molecule has 6 heteroatoms. The van der Waals surface area contributed by atoms with Gasteiger partial charge in [-0.2, -0.15) is 0 Å². The average Bonchev–Trinajstić information content (AvgIpc) is 3.47. The van der Waals surface area contributed by atoms with Crippen molar-refractivity contribution in [3.8, 4) is 0 Å². The lowest BCUT2D eigenvalue weighted by Gasteiger charge is -2.18. The van der Waals surface area contributed by atoms with E-state index in [0.29, 0.717) is 19.3 Å². The molecule has 1 unspecified atom stereocenters.